The molecule has 0 fully saturated rings. The minimum absolute atomic E-state index is 0.721. The van der Waals surface area contributed by atoms with Crippen LogP contribution in [0.1, 0.15) is 32.0 Å². The van der Waals surface area contributed by atoms with Crippen molar-refractivity contribution in [2.75, 3.05) is 6.54 Å². The van der Waals surface area contributed by atoms with Gasteiger partial charge in [0.1, 0.15) is 5.82 Å². The molecule has 0 radical (unpaired) electrons. The second-order valence-electron chi connectivity index (χ2n) is 3.46. The van der Waals surface area contributed by atoms with E-state index < -0.39 is 0 Å². The molecule has 1 heterocycles. The lowest BCUT2D eigenvalue weighted by molar-refractivity contribution is 0.650. The van der Waals surface area contributed by atoms with E-state index in [1.54, 1.807) is 0 Å². The Morgan fingerprint density at radius 1 is 1.47 bits per heavy atom. The summed E-state index contributed by atoms with van der Waals surface area (Å²) in [6, 6.07) is 0. The summed E-state index contributed by atoms with van der Waals surface area (Å²) < 4.78 is 2.16. The van der Waals surface area contributed by atoms with E-state index in [0.717, 1.165) is 44.6 Å². The summed E-state index contributed by atoms with van der Waals surface area (Å²) in [5.74, 6) is 7.31. The number of nitrogens with two attached hydrogens (primary N) is 1. The zero-order valence-electron chi connectivity index (χ0n) is 9.37. The summed E-state index contributed by atoms with van der Waals surface area (Å²) in [5.41, 5.74) is 5.38. The van der Waals surface area contributed by atoms with Crippen molar-refractivity contribution in [3.8, 4) is 11.8 Å². The third-order valence-corrected chi connectivity index (χ3v) is 2.14. The average Bonchev–Trinajstić information content (AvgIpc) is 2.66. The molecule has 0 saturated heterocycles. The standard InChI is InChI=1S/C12H19N3/c1-2-10-15-11-9-14-12(15)7-5-3-4-6-8-13/h9,11H,2,4,6-8,10,13H2,1H3. The van der Waals surface area contributed by atoms with E-state index in [1.807, 2.05) is 12.4 Å². The third-order valence-electron chi connectivity index (χ3n) is 2.14. The zero-order chi connectivity index (χ0) is 10.9. The quantitative estimate of drug-likeness (QED) is 0.586. The Labute approximate surface area is 91.7 Å². The van der Waals surface area contributed by atoms with Crippen LogP contribution in [-0.4, -0.2) is 16.1 Å². The Balaban J connectivity index is 2.41. The number of unbranched alkanes of at least 4 members (excludes halogenated alkanes) is 1. The van der Waals surface area contributed by atoms with Crippen molar-refractivity contribution >= 4 is 0 Å². The molecule has 3 nitrogen and oxygen atoms in total. The topological polar surface area (TPSA) is 43.8 Å². The molecule has 15 heavy (non-hydrogen) atoms. The lowest BCUT2D eigenvalue weighted by Crippen LogP contribution is -2.01. The maximum absolute atomic E-state index is 5.38. The molecule has 0 spiro atoms. The highest BCUT2D eigenvalue weighted by molar-refractivity contribution is 5.08. The molecule has 82 valence electrons. The second kappa shape index (κ2) is 7.08. The van der Waals surface area contributed by atoms with Crippen molar-refractivity contribution in [1.82, 2.24) is 9.55 Å². The highest BCUT2D eigenvalue weighted by atomic mass is 15.1. The largest absolute Gasteiger partial charge is 0.334 e. The normalized spacial score (nSPS) is 9.73. The van der Waals surface area contributed by atoms with E-state index in [1.165, 1.54) is 0 Å². The fourth-order valence-electron chi connectivity index (χ4n) is 1.37. The van der Waals surface area contributed by atoms with Crippen LogP contribution >= 0.6 is 0 Å². The van der Waals surface area contributed by atoms with Crippen LogP contribution in [0.5, 0.6) is 0 Å². The fourth-order valence-corrected chi connectivity index (χ4v) is 1.37. The number of aromatic nitrogens is 2. The Kier molecular flexibility index (Phi) is 5.57. The molecular formula is C12H19N3. The molecule has 0 saturated carbocycles. The monoisotopic (exact) mass is 205 g/mol. The minimum Gasteiger partial charge on any atom is -0.334 e. The van der Waals surface area contributed by atoms with Gasteiger partial charge >= 0.3 is 0 Å². The maximum atomic E-state index is 5.38. The van der Waals surface area contributed by atoms with Crippen molar-refractivity contribution in [2.45, 2.75) is 39.2 Å². The van der Waals surface area contributed by atoms with Crippen LogP contribution in [0.25, 0.3) is 0 Å². The Hall–Kier alpha value is -1.27. The smallest absolute Gasteiger partial charge is 0.120 e. The van der Waals surface area contributed by atoms with E-state index in [2.05, 4.69) is 28.3 Å². The van der Waals surface area contributed by atoms with Crippen LogP contribution < -0.4 is 5.73 Å². The van der Waals surface area contributed by atoms with Crippen LogP contribution in [0.4, 0.5) is 0 Å². The Morgan fingerprint density at radius 3 is 3.07 bits per heavy atom. The molecular weight excluding hydrogens is 186 g/mol. The first-order chi connectivity index (χ1) is 7.38. The molecule has 0 bridgehead atoms. The summed E-state index contributed by atoms with van der Waals surface area (Å²) >= 11 is 0. The van der Waals surface area contributed by atoms with E-state index >= 15 is 0 Å². The first-order valence-corrected chi connectivity index (χ1v) is 5.54. The molecule has 1 rings (SSSR count). The highest BCUT2D eigenvalue weighted by Gasteiger charge is 1.98. The Morgan fingerprint density at radius 2 is 2.33 bits per heavy atom. The van der Waals surface area contributed by atoms with Gasteiger partial charge in [0.15, 0.2) is 0 Å². The van der Waals surface area contributed by atoms with Crippen molar-refractivity contribution in [3.05, 3.63) is 18.2 Å². The van der Waals surface area contributed by atoms with Crippen molar-refractivity contribution in [1.29, 1.82) is 0 Å². The van der Waals surface area contributed by atoms with Gasteiger partial charge in [0.25, 0.3) is 0 Å². The molecule has 1 aromatic heterocycles. The summed E-state index contributed by atoms with van der Waals surface area (Å²) in [6.45, 7) is 3.91. The van der Waals surface area contributed by atoms with Crippen LogP contribution in [0.2, 0.25) is 0 Å². The molecule has 0 aromatic carbocycles. The van der Waals surface area contributed by atoms with Gasteiger partial charge in [0, 0.05) is 25.4 Å². The number of hydrogen-bond donors (Lipinski definition) is 1. The number of rotatable bonds is 5. The van der Waals surface area contributed by atoms with Crippen LogP contribution in [0.15, 0.2) is 12.4 Å². The summed E-state index contributed by atoms with van der Waals surface area (Å²) in [6.07, 6.45) is 7.61. The number of aryl methyl sites for hydroxylation is 1. The first-order valence-electron chi connectivity index (χ1n) is 5.54. The first kappa shape index (κ1) is 11.8. The minimum atomic E-state index is 0.721. The zero-order valence-corrected chi connectivity index (χ0v) is 9.37. The molecule has 0 atom stereocenters. The molecule has 0 amide bonds. The van der Waals surface area contributed by atoms with Gasteiger partial charge < -0.3 is 10.3 Å². The lowest BCUT2D eigenvalue weighted by Gasteiger charge is -2.02. The van der Waals surface area contributed by atoms with Crippen molar-refractivity contribution in [3.63, 3.8) is 0 Å². The van der Waals surface area contributed by atoms with Gasteiger partial charge in [0.2, 0.25) is 0 Å². The van der Waals surface area contributed by atoms with E-state index in [0.29, 0.717) is 0 Å². The fraction of sp³-hybridized carbons (Fsp3) is 0.583. The second-order valence-corrected chi connectivity index (χ2v) is 3.46. The summed E-state index contributed by atoms with van der Waals surface area (Å²) in [7, 11) is 0. The summed E-state index contributed by atoms with van der Waals surface area (Å²) in [5, 5.41) is 0. The van der Waals surface area contributed by atoms with Crippen molar-refractivity contribution < 1.29 is 0 Å². The molecule has 3 heteroatoms. The predicted molar refractivity (Wildman–Crippen MR) is 62.3 cm³/mol. The van der Waals surface area contributed by atoms with Gasteiger partial charge in [-0.2, -0.15) is 0 Å². The van der Waals surface area contributed by atoms with Crippen LogP contribution in [-0.2, 0) is 13.0 Å². The highest BCUT2D eigenvalue weighted by Crippen LogP contribution is 1.99. The lowest BCUT2D eigenvalue weighted by atomic mass is 10.3. The molecule has 0 unspecified atom stereocenters. The van der Waals surface area contributed by atoms with Gasteiger partial charge in [-0.3, -0.25) is 0 Å². The number of nitrogens with zero attached hydrogens (tertiary/aromatic N) is 2. The molecule has 0 aliphatic carbocycles. The summed E-state index contributed by atoms with van der Waals surface area (Å²) in [4.78, 5) is 4.29. The van der Waals surface area contributed by atoms with E-state index in [4.69, 9.17) is 5.73 Å². The van der Waals surface area contributed by atoms with Crippen molar-refractivity contribution in [2.24, 2.45) is 5.73 Å². The number of imidazole rings is 1. The Bertz CT molecular complexity index is 330. The third kappa shape index (κ3) is 4.18. The molecule has 2 N–H and O–H groups in total. The van der Waals surface area contributed by atoms with Crippen LogP contribution in [0.3, 0.4) is 0 Å². The van der Waals surface area contributed by atoms with Crippen LogP contribution in [0, 0.1) is 11.8 Å². The van der Waals surface area contributed by atoms with E-state index in [-0.39, 0.29) is 0 Å². The number of hydrogen-bond acceptors (Lipinski definition) is 2. The van der Waals surface area contributed by atoms with Gasteiger partial charge in [-0.1, -0.05) is 12.8 Å². The van der Waals surface area contributed by atoms with Gasteiger partial charge in [-0.05, 0) is 19.4 Å². The SMILES string of the molecule is CCCn1ccnc1CC#CCCCN. The molecule has 1 aromatic rings. The molecule has 0 aliphatic rings. The maximum Gasteiger partial charge on any atom is 0.120 e. The van der Waals surface area contributed by atoms with E-state index in [9.17, 15) is 0 Å². The predicted octanol–water partition coefficient (Wildman–Crippen LogP) is 1.58. The van der Waals surface area contributed by atoms with Gasteiger partial charge in [-0.15, -0.1) is 5.92 Å². The van der Waals surface area contributed by atoms with Gasteiger partial charge in [0.05, 0.1) is 6.42 Å². The molecule has 0 aliphatic heterocycles. The average molecular weight is 205 g/mol. The van der Waals surface area contributed by atoms with Gasteiger partial charge in [-0.25, -0.2) is 4.98 Å².